The van der Waals surface area contributed by atoms with Gasteiger partial charge in [-0.1, -0.05) is 0 Å². The van der Waals surface area contributed by atoms with Crippen LogP contribution >= 0.6 is 12.4 Å². The van der Waals surface area contributed by atoms with Gasteiger partial charge in [0.15, 0.2) is 0 Å². The van der Waals surface area contributed by atoms with Crippen LogP contribution in [0, 0.1) is 23.5 Å². The number of carbonyl (C=O) groups is 1. The van der Waals surface area contributed by atoms with E-state index in [9.17, 15) is 13.6 Å². The number of nitrogens with one attached hydrogen (secondary N) is 1. The molecular formula is C14H17ClF2N2O. The van der Waals surface area contributed by atoms with E-state index in [-0.39, 0.29) is 23.9 Å². The van der Waals surface area contributed by atoms with Crippen LogP contribution in [0.4, 0.5) is 8.78 Å². The highest BCUT2D eigenvalue weighted by Gasteiger charge is 2.35. The van der Waals surface area contributed by atoms with Crippen molar-refractivity contribution in [3.05, 3.63) is 35.4 Å². The lowest BCUT2D eigenvalue weighted by molar-refractivity contribution is 0.0637. The first-order chi connectivity index (χ1) is 9.15. The van der Waals surface area contributed by atoms with Gasteiger partial charge >= 0.3 is 0 Å². The molecule has 2 unspecified atom stereocenters. The molecule has 0 bridgehead atoms. The molecule has 1 aromatic rings. The number of likely N-dealkylation sites (tertiary alicyclic amines) is 1. The molecule has 1 N–H and O–H groups in total. The van der Waals surface area contributed by atoms with Crippen LogP contribution in [0.15, 0.2) is 18.2 Å². The van der Waals surface area contributed by atoms with E-state index in [0.29, 0.717) is 24.9 Å². The van der Waals surface area contributed by atoms with Gasteiger partial charge in [0.05, 0.1) is 5.56 Å². The number of rotatable bonds is 1. The smallest absolute Gasteiger partial charge is 0.256 e. The fourth-order valence-electron chi connectivity index (χ4n) is 3.05. The van der Waals surface area contributed by atoms with Crippen molar-refractivity contribution in [3.63, 3.8) is 0 Å². The molecule has 20 heavy (non-hydrogen) atoms. The van der Waals surface area contributed by atoms with Gasteiger partial charge in [0.2, 0.25) is 0 Å². The first kappa shape index (κ1) is 15.2. The molecule has 3 rings (SSSR count). The van der Waals surface area contributed by atoms with E-state index >= 15 is 0 Å². The number of fused-ring (bicyclic) bond motifs is 1. The number of halogens is 3. The second kappa shape index (κ2) is 6.06. The minimum absolute atomic E-state index is 0. The Morgan fingerprint density at radius 1 is 1.25 bits per heavy atom. The van der Waals surface area contributed by atoms with Crippen molar-refractivity contribution in [2.75, 3.05) is 26.2 Å². The zero-order valence-corrected chi connectivity index (χ0v) is 11.8. The number of amides is 1. The van der Waals surface area contributed by atoms with Gasteiger partial charge < -0.3 is 10.2 Å². The molecule has 1 aromatic carbocycles. The molecule has 0 aliphatic carbocycles. The zero-order valence-electron chi connectivity index (χ0n) is 10.9. The summed E-state index contributed by atoms with van der Waals surface area (Å²) >= 11 is 0. The molecule has 110 valence electrons. The number of benzene rings is 1. The molecule has 0 spiro atoms. The summed E-state index contributed by atoms with van der Waals surface area (Å²) in [6, 6.07) is 3.11. The van der Waals surface area contributed by atoms with Gasteiger partial charge in [0.1, 0.15) is 11.6 Å². The number of carbonyl (C=O) groups excluding carboxylic acids is 1. The van der Waals surface area contributed by atoms with Crippen molar-refractivity contribution < 1.29 is 13.6 Å². The lowest BCUT2D eigenvalue weighted by Crippen LogP contribution is -2.43. The van der Waals surface area contributed by atoms with Gasteiger partial charge in [-0.3, -0.25) is 4.79 Å². The van der Waals surface area contributed by atoms with E-state index in [1.807, 2.05) is 0 Å². The minimum Gasteiger partial charge on any atom is -0.338 e. The van der Waals surface area contributed by atoms with Crippen LogP contribution in [-0.2, 0) is 0 Å². The predicted octanol–water partition coefficient (Wildman–Crippen LogP) is 2.07. The highest BCUT2D eigenvalue weighted by Crippen LogP contribution is 2.27. The first-order valence-corrected chi connectivity index (χ1v) is 6.60. The highest BCUT2D eigenvalue weighted by atomic mass is 35.5. The summed E-state index contributed by atoms with van der Waals surface area (Å²) in [6.07, 6.45) is 0.951. The summed E-state index contributed by atoms with van der Waals surface area (Å²) in [5, 5.41) is 3.32. The van der Waals surface area contributed by atoms with E-state index in [2.05, 4.69) is 5.32 Å². The molecule has 0 saturated carbocycles. The van der Waals surface area contributed by atoms with Crippen LogP contribution in [0.25, 0.3) is 0 Å². The lowest BCUT2D eigenvalue weighted by atomic mass is 9.88. The van der Waals surface area contributed by atoms with Crippen LogP contribution in [0.2, 0.25) is 0 Å². The van der Waals surface area contributed by atoms with Crippen molar-refractivity contribution in [2.45, 2.75) is 6.42 Å². The van der Waals surface area contributed by atoms with Crippen LogP contribution in [0.5, 0.6) is 0 Å². The molecule has 2 aliphatic heterocycles. The summed E-state index contributed by atoms with van der Waals surface area (Å²) in [4.78, 5) is 13.9. The number of hydrogen-bond acceptors (Lipinski definition) is 2. The Kier molecular flexibility index (Phi) is 4.60. The number of piperidine rings is 1. The van der Waals surface area contributed by atoms with Gasteiger partial charge in [-0.25, -0.2) is 8.78 Å². The maximum Gasteiger partial charge on any atom is 0.256 e. The third kappa shape index (κ3) is 2.79. The summed E-state index contributed by atoms with van der Waals surface area (Å²) in [7, 11) is 0. The molecule has 2 aliphatic rings. The van der Waals surface area contributed by atoms with Gasteiger partial charge in [0, 0.05) is 19.2 Å². The van der Waals surface area contributed by atoms with Gasteiger partial charge in [-0.2, -0.15) is 0 Å². The SMILES string of the molecule is Cl.O=C(c1ccc(F)cc1F)N1CCC2CNCC2C1. The molecule has 2 fully saturated rings. The molecular weight excluding hydrogens is 286 g/mol. The standard InChI is InChI=1S/C14H16F2N2O.ClH/c15-11-1-2-12(13(16)5-11)14(19)18-4-3-9-6-17-7-10(9)8-18;/h1-2,5,9-10,17H,3-4,6-8H2;1H. The van der Waals surface area contributed by atoms with Crippen molar-refractivity contribution in [2.24, 2.45) is 11.8 Å². The Morgan fingerprint density at radius 2 is 2.00 bits per heavy atom. The normalized spacial score (nSPS) is 25.0. The van der Waals surface area contributed by atoms with Crippen molar-refractivity contribution in [1.82, 2.24) is 10.2 Å². The molecule has 2 saturated heterocycles. The van der Waals surface area contributed by atoms with Crippen LogP contribution < -0.4 is 5.32 Å². The van der Waals surface area contributed by atoms with Crippen molar-refractivity contribution >= 4 is 18.3 Å². The fraction of sp³-hybridized carbons (Fsp3) is 0.500. The summed E-state index contributed by atoms with van der Waals surface area (Å²) < 4.78 is 26.5. The van der Waals surface area contributed by atoms with Gasteiger partial charge in [0.25, 0.3) is 5.91 Å². The monoisotopic (exact) mass is 302 g/mol. The Morgan fingerprint density at radius 3 is 2.75 bits per heavy atom. The first-order valence-electron chi connectivity index (χ1n) is 6.60. The second-order valence-corrected chi connectivity index (χ2v) is 5.34. The Hall–Kier alpha value is -1.20. The molecule has 2 heterocycles. The third-order valence-electron chi connectivity index (χ3n) is 4.15. The molecule has 6 heteroatoms. The zero-order chi connectivity index (χ0) is 13.4. The fourth-order valence-corrected chi connectivity index (χ4v) is 3.05. The summed E-state index contributed by atoms with van der Waals surface area (Å²) in [5.74, 6) is -0.685. The van der Waals surface area contributed by atoms with Crippen LogP contribution in [-0.4, -0.2) is 37.0 Å². The average molecular weight is 303 g/mol. The molecule has 0 aromatic heterocycles. The van der Waals surface area contributed by atoms with E-state index in [1.54, 1.807) is 4.90 Å². The van der Waals surface area contributed by atoms with E-state index in [4.69, 9.17) is 0 Å². The van der Waals surface area contributed by atoms with E-state index in [0.717, 1.165) is 31.6 Å². The van der Waals surface area contributed by atoms with E-state index in [1.165, 1.54) is 6.07 Å². The maximum atomic E-state index is 13.6. The topological polar surface area (TPSA) is 32.3 Å². The minimum atomic E-state index is -0.781. The van der Waals surface area contributed by atoms with Gasteiger partial charge in [-0.15, -0.1) is 12.4 Å². The molecule has 1 amide bonds. The van der Waals surface area contributed by atoms with Crippen LogP contribution in [0.3, 0.4) is 0 Å². The third-order valence-corrected chi connectivity index (χ3v) is 4.15. The van der Waals surface area contributed by atoms with Crippen molar-refractivity contribution in [1.29, 1.82) is 0 Å². The van der Waals surface area contributed by atoms with Crippen LogP contribution in [0.1, 0.15) is 16.8 Å². The molecule has 3 nitrogen and oxygen atoms in total. The maximum absolute atomic E-state index is 13.6. The average Bonchev–Trinajstić information content (AvgIpc) is 2.85. The number of nitrogens with zero attached hydrogens (tertiary/aromatic N) is 1. The Bertz CT molecular complexity index is 512. The lowest BCUT2D eigenvalue weighted by Gasteiger charge is -2.34. The molecule has 0 radical (unpaired) electrons. The predicted molar refractivity (Wildman–Crippen MR) is 74.0 cm³/mol. The highest BCUT2D eigenvalue weighted by molar-refractivity contribution is 5.94. The second-order valence-electron chi connectivity index (χ2n) is 5.34. The Balaban J connectivity index is 0.00000147. The van der Waals surface area contributed by atoms with Gasteiger partial charge in [-0.05, 0) is 43.5 Å². The number of hydrogen-bond donors (Lipinski definition) is 1. The summed E-state index contributed by atoms with van der Waals surface area (Å²) in [6.45, 7) is 3.24. The summed E-state index contributed by atoms with van der Waals surface area (Å²) in [5.41, 5.74) is -0.0363. The largest absolute Gasteiger partial charge is 0.338 e. The van der Waals surface area contributed by atoms with Crippen molar-refractivity contribution in [3.8, 4) is 0 Å². The quantitative estimate of drug-likeness (QED) is 0.861. The Labute approximate surface area is 122 Å². The van der Waals surface area contributed by atoms with E-state index < -0.39 is 11.6 Å². The molecule has 2 atom stereocenters.